The Labute approximate surface area is 159 Å². The molecule has 6 heteroatoms. The molecule has 5 nitrogen and oxygen atoms in total. The minimum atomic E-state index is 0.0684. The first-order chi connectivity index (χ1) is 12.5. The van der Waals surface area contributed by atoms with Crippen LogP contribution in [0.4, 0.5) is 0 Å². The Morgan fingerprint density at radius 2 is 2.04 bits per heavy atom. The maximum absolute atomic E-state index is 13.1. The molecule has 1 fully saturated rings. The van der Waals surface area contributed by atoms with Crippen LogP contribution in [0.2, 0.25) is 0 Å². The average molecular weight is 374 g/mol. The lowest BCUT2D eigenvalue weighted by molar-refractivity contribution is 0.0675. The van der Waals surface area contributed by atoms with Crippen molar-refractivity contribution in [2.75, 3.05) is 7.05 Å². The molecule has 2 aromatic heterocycles. The van der Waals surface area contributed by atoms with Gasteiger partial charge in [0, 0.05) is 30.6 Å². The summed E-state index contributed by atoms with van der Waals surface area (Å²) in [6.45, 7) is 6.15. The summed E-state index contributed by atoms with van der Waals surface area (Å²) >= 11 is 1.57. The first-order valence-electron chi connectivity index (χ1n) is 9.24. The van der Waals surface area contributed by atoms with E-state index in [4.69, 9.17) is 4.52 Å². The van der Waals surface area contributed by atoms with Crippen molar-refractivity contribution in [2.45, 2.75) is 63.3 Å². The van der Waals surface area contributed by atoms with Crippen molar-refractivity contribution in [3.05, 3.63) is 40.9 Å². The van der Waals surface area contributed by atoms with Crippen LogP contribution < -0.4 is 0 Å². The summed E-state index contributed by atoms with van der Waals surface area (Å²) in [5.41, 5.74) is 2.66. The zero-order chi connectivity index (χ0) is 18.7. The van der Waals surface area contributed by atoms with Crippen molar-refractivity contribution in [3.8, 4) is 0 Å². The SMILES string of the molecule is Cc1noc(C)c1CSc1ncccc1C(=O)N(C)C1CCC(C)CC1. The largest absolute Gasteiger partial charge is 0.361 e. The van der Waals surface area contributed by atoms with Gasteiger partial charge in [0.15, 0.2) is 0 Å². The first-order valence-corrected chi connectivity index (χ1v) is 10.2. The Balaban J connectivity index is 1.73. The molecule has 1 aliphatic carbocycles. The fourth-order valence-corrected chi connectivity index (χ4v) is 4.64. The molecule has 0 spiro atoms. The number of hydrogen-bond donors (Lipinski definition) is 0. The summed E-state index contributed by atoms with van der Waals surface area (Å²) in [6.07, 6.45) is 6.32. The second-order valence-electron chi connectivity index (χ2n) is 7.28. The van der Waals surface area contributed by atoms with E-state index < -0.39 is 0 Å². The lowest BCUT2D eigenvalue weighted by atomic mass is 9.86. The second-order valence-corrected chi connectivity index (χ2v) is 8.24. The normalized spacial score (nSPS) is 20.2. The van der Waals surface area contributed by atoms with Gasteiger partial charge in [-0.1, -0.05) is 12.1 Å². The number of aromatic nitrogens is 2. The molecule has 1 aliphatic rings. The fraction of sp³-hybridized carbons (Fsp3) is 0.550. The number of carbonyl (C=O) groups is 1. The minimum Gasteiger partial charge on any atom is -0.361 e. The number of pyridine rings is 1. The molecule has 0 unspecified atom stereocenters. The molecule has 0 N–H and O–H groups in total. The first kappa shape index (κ1) is 19.0. The summed E-state index contributed by atoms with van der Waals surface area (Å²) in [5.74, 6) is 2.36. The Bertz CT molecular complexity index is 747. The van der Waals surface area contributed by atoms with Gasteiger partial charge in [0.25, 0.3) is 5.91 Å². The Morgan fingerprint density at radius 1 is 1.31 bits per heavy atom. The molecule has 2 heterocycles. The standard InChI is InChI=1S/C20H27N3O2S/c1-13-7-9-16(10-8-13)23(4)20(24)17-6-5-11-21-19(17)26-12-18-14(2)22-25-15(18)3/h5-6,11,13,16H,7-10,12H2,1-4H3. The predicted molar refractivity (Wildman–Crippen MR) is 103 cm³/mol. The third-order valence-corrected chi connectivity index (χ3v) is 6.42. The summed E-state index contributed by atoms with van der Waals surface area (Å²) in [6, 6.07) is 4.05. The van der Waals surface area contributed by atoms with Crippen LogP contribution in [0.25, 0.3) is 0 Å². The van der Waals surface area contributed by atoms with Crippen molar-refractivity contribution in [3.63, 3.8) is 0 Å². The molecule has 3 rings (SSSR count). The van der Waals surface area contributed by atoms with E-state index >= 15 is 0 Å². The fourth-order valence-electron chi connectivity index (χ4n) is 3.50. The molecule has 0 bridgehead atoms. The van der Waals surface area contributed by atoms with Crippen molar-refractivity contribution in [2.24, 2.45) is 5.92 Å². The number of thioether (sulfide) groups is 1. The number of nitrogens with zero attached hydrogens (tertiary/aromatic N) is 3. The lowest BCUT2D eigenvalue weighted by Crippen LogP contribution is -2.39. The maximum Gasteiger partial charge on any atom is 0.256 e. The van der Waals surface area contributed by atoms with Gasteiger partial charge in [-0.25, -0.2) is 4.98 Å². The van der Waals surface area contributed by atoms with Crippen LogP contribution in [0.5, 0.6) is 0 Å². The zero-order valence-corrected chi connectivity index (χ0v) is 16.8. The average Bonchev–Trinajstić information content (AvgIpc) is 2.97. The molecular weight excluding hydrogens is 346 g/mol. The highest BCUT2D eigenvalue weighted by atomic mass is 32.2. The maximum atomic E-state index is 13.1. The summed E-state index contributed by atoms with van der Waals surface area (Å²) in [5, 5.41) is 4.77. The highest BCUT2D eigenvalue weighted by Crippen LogP contribution is 2.30. The van der Waals surface area contributed by atoms with E-state index in [2.05, 4.69) is 17.1 Å². The van der Waals surface area contributed by atoms with Crippen molar-refractivity contribution in [1.82, 2.24) is 15.0 Å². The molecule has 0 saturated heterocycles. The molecule has 1 saturated carbocycles. The molecule has 0 atom stereocenters. The quantitative estimate of drug-likeness (QED) is 0.715. The van der Waals surface area contributed by atoms with Gasteiger partial charge >= 0.3 is 0 Å². The van der Waals surface area contributed by atoms with Crippen LogP contribution in [0.1, 0.15) is 60.0 Å². The van der Waals surface area contributed by atoms with E-state index in [1.165, 1.54) is 12.8 Å². The monoisotopic (exact) mass is 373 g/mol. The highest BCUT2D eigenvalue weighted by molar-refractivity contribution is 7.98. The molecular formula is C20H27N3O2S. The third kappa shape index (κ3) is 4.11. The molecule has 140 valence electrons. The number of hydrogen-bond acceptors (Lipinski definition) is 5. The van der Waals surface area contributed by atoms with Crippen LogP contribution in [-0.2, 0) is 5.75 Å². The van der Waals surface area contributed by atoms with Crippen molar-refractivity contribution >= 4 is 17.7 Å². The van der Waals surface area contributed by atoms with E-state index in [1.807, 2.05) is 37.9 Å². The van der Waals surface area contributed by atoms with Gasteiger partial charge in [-0.05, 0) is 57.6 Å². The summed E-state index contributed by atoms with van der Waals surface area (Å²) in [7, 11) is 1.93. The minimum absolute atomic E-state index is 0.0684. The van der Waals surface area contributed by atoms with Gasteiger partial charge < -0.3 is 9.42 Å². The van der Waals surface area contributed by atoms with Gasteiger partial charge in [0.2, 0.25) is 0 Å². The van der Waals surface area contributed by atoms with E-state index in [9.17, 15) is 4.79 Å². The van der Waals surface area contributed by atoms with Crippen LogP contribution in [0.3, 0.4) is 0 Å². The van der Waals surface area contributed by atoms with Crippen molar-refractivity contribution < 1.29 is 9.32 Å². The van der Waals surface area contributed by atoms with Crippen LogP contribution in [0.15, 0.2) is 27.9 Å². The topological polar surface area (TPSA) is 59.2 Å². The van der Waals surface area contributed by atoms with E-state index in [1.54, 1.807) is 18.0 Å². The number of aryl methyl sites for hydroxylation is 2. The van der Waals surface area contributed by atoms with Gasteiger partial charge in [-0.3, -0.25) is 4.79 Å². The third-order valence-electron chi connectivity index (χ3n) is 5.39. The van der Waals surface area contributed by atoms with E-state index in [-0.39, 0.29) is 5.91 Å². The molecule has 0 aromatic carbocycles. The van der Waals surface area contributed by atoms with Gasteiger partial charge in [-0.2, -0.15) is 0 Å². The Hall–Kier alpha value is -1.82. The zero-order valence-electron chi connectivity index (χ0n) is 16.0. The summed E-state index contributed by atoms with van der Waals surface area (Å²) in [4.78, 5) is 19.5. The molecule has 0 aliphatic heterocycles. The molecule has 1 amide bonds. The van der Waals surface area contributed by atoms with Crippen molar-refractivity contribution in [1.29, 1.82) is 0 Å². The van der Waals surface area contributed by atoms with Crippen LogP contribution >= 0.6 is 11.8 Å². The van der Waals surface area contributed by atoms with Crippen LogP contribution in [0, 0.1) is 19.8 Å². The van der Waals surface area contributed by atoms with Crippen LogP contribution in [-0.4, -0.2) is 34.0 Å². The Morgan fingerprint density at radius 3 is 2.69 bits per heavy atom. The highest BCUT2D eigenvalue weighted by Gasteiger charge is 2.27. The summed E-state index contributed by atoms with van der Waals surface area (Å²) < 4.78 is 5.23. The Kier molecular flexibility index (Phi) is 6.01. The van der Waals surface area contributed by atoms with E-state index in [0.717, 1.165) is 40.8 Å². The van der Waals surface area contributed by atoms with Gasteiger partial charge in [0.05, 0.1) is 11.3 Å². The van der Waals surface area contributed by atoms with Gasteiger partial charge in [-0.15, -0.1) is 11.8 Å². The van der Waals surface area contributed by atoms with E-state index in [0.29, 0.717) is 17.4 Å². The molecule has 26 heavy (non-hydrogen) atoms. The van der Waals surface area contributed by atoms with Gasteiger partial charge in [0.1, 0.15) is 10.8 Å². The molecule has 2 aromatic rings. The lowest BCUT2D eigenvalue weighted by Gasteiger charge is -2.33. The predicted octanol–water partition coefficient (Wildman–Crippen LogP) is 4.63. The molecule has 0 radical (unpaired) electrons. The number of rotatable bonds is 5. The second kappa shape index (κ2) is 8.25. The number of amides is 1. The number of carbonyl (C=O) groups excluding carboxylic acids is 1. The smallest absolute Gasteiger partial charge is 0.256 e.